The third-order valence-corrected chi connectivity index (χ3v) is 6.83. The van der Waals surface area contributed by atoms with Gasteiger partial charge >= 0.3 is 0 Å². The van der Waals surface area contributed by atoms with E-state index >= 15 is 0 Å². The largest absolute Gasteiger partial charge is 0.507 e. The van der Waals surface area contributed by atoms with Crippen LogP contribution < -0.4 is 4.74 Å². The van der Waals surface area contributed by atoms with Crippen molar-refractivity contribution in [2.75, 3.05) is 32.8 Å². The molecule has 36 heavy (non-hydrogen) atoms. The van der Waals surface area contributed by atoms with Crippen LogP contribution in [-0.4, -0.2) is 59.4 Å². The quantitative estimate of drug-likeness (QED) is 0.260. The van der Waals surface area contributed by atoms with E-state index in [-0.39, 0.29) is 11.3 Å². The number of aliphatic hydroxyl groups excluding tert-OH is 1. The van der Waals surface area contributed by atoms with Crippen molar-refractivity contribution >= 4 is 17.4 Å². The number of hydrogen-bond donors (Lipinski definition) is 1. The van der Waals surface area contributed by atoms with Crippen LogP contribution in [0.3, 0.4) is 0 Å². The van der Waals surface area contributed by atoms with Crippen LogP contribution in [0.25, 0.3) is 5.76 Å². The summed E-state index contributed by atoms with van der Waals surface area (Å²) in [6, 6.07) is 12.7. The van der Waals surface area contributed by atoms with Gasteiger partial charge in [-0.15, -0.1) is 0 Å². The lowest BCUT2D eigenvalue weighted by Crippen LogP contribution is -2.38. The maximum Gasteiger partial charge on any atom is 0.295 e. The maximum absolute atomic E-state index is 13.3. The summed E-state index contributed by atoms with van der Waals surface area (Å²) in [6.07, 6.45) is 0.896. The van der Waals surface area contributed by atoms with Crippen LogP contribution in [0, 0.1) is 12.8 Å². The first-order valence-corrected chi connectivity index (χ1v) is 13.0. The predicted octanol–water partition coefficient (Wildman–Crippen LogP) is 5.36. The Hall–Kier alpha value is -3.12. The highest BCUT2D eigenvalue weighted by molar-refractivity contribution is 6.46. The number of carbonyl (C=O) groups excluding carboxylic acids is 2. The van der Waals surface area contributed by atoms with E-state index in [0.717, 1.165) is 30.6 Å². The Morgan fingerprint density at radius 1 is 1.06 bits per heavy atom. The first kappa shape index (κ1) is 27.5. The molecule has 1 saturated heterocycles. The number of likely N-dealkylation sites (tertiary alicyclic amines) is 1. The highest BCUT2D eigenvalue weighted by Gasteiger charge is 2.46. The molecule has 2 aromatic carbocycles. The monoisotopic (exact) mass is 492 g/mol. The Kier molecular flexibility index (Phi) is 9.32. The van der Waals surface area contributed by atoms with Crippen molar-refractivity contribution < 1.29 is 19.4 Å². The van der Waals surface area contributed by atoms with Crippen molar-refractivity contribution in [3.8, 4) is 5.75 Å². The lowest BCUT2D eigenvalue weighted by atomic mass is 9.93. The van der Waals surface area contributed by atoms with Crippen LogP contribution >= 0.6 is 0 Å². The minimum absolute atomic E-state index is 0.141. The molecular weight excluding hydrogens is 452 g/mol. The van der Waals surface area contributed by atoms with E-state index in [1.165, 1.54) is 5.56 Å². The number of Topliss-reactive ketones (excluding diaryl/α,β-unsaturated/α-hetero) is 1. The molecule has 0 spiro atoms. The van der Waals surface area contributed by atoms with Gasteiger partial charge in [0.1, 0.15) is 11.5 Å². The summed E-state index contributed by atoms with van der Waals surface area (Å²) >= 11 is 0. The average molecular weight is 493 g/mol. The van der Waals surface area contributed by atoms with Crippen LogP contribution in [0.5, 0.6) is 5.75 Å². The fraction of sp³-hybridized carbons (Fsp3) is 0.467. The van der Waals surface area contributed by atoms with E-state index in [1.54, 1.807) is 17.0 Å². The van der Waals surface area contributed by atoms with Crippen molar-refractivity contribution in [1.82, 2.24) is 9.80 Å². The molecule has 1 aliphatic heterocycles. The number of amides is 1. The Balaban J connectivity index is 2.06. The molecule has 3 rings (SSSR count). The second-order valence-electron chi connectivity index (χ2n) is 9.80. The molecule has 1 atom stereocenters. The summed E-state index contributed by atoms with van der Waals surface area (Å²) in [5, 5.41) is 11.4. The molecule has 0 bridgehead atoms. The van der Waals surface area contributed by atoms with Gasteiger partial charge in [-0.25, -0.2) is 0 Å². The van der Waals surface area contributed by atoms with Crippen LogP contribution in [0.2, 0.25) is 0 Å². The van der Waals surface area contributed by atoms with E-state index < -0.39 is 17.7 Å². The number of benzene rings is 2. The first-order valence-electron chi connectivity index (χ1n) is 13.0. The predicted molar refractivity (Wildman–Crippen MR) is 144 cm³/mol. The number of ether oxygens (including phenoxy) is 1. The fourth-order valence-corrected chi connectivity index (χ4v) is 4.58. The van der Waals surface area contributed by atoms with Crippen LogP contribution in [0.4, 0.5) is 0 Å². The zero-order valence-electron chi connectivity index (χ0n) is 22.5. The molecule has 1 fully saturated rings. The van der Waals surface area contributed by atoms with E-state index in [1.807, 2.05) is 37.3 Å². The van der Waals surface area contributed by atoms with Crippen molar-refractivity contribution in [3.05, 3.63) is 70.3 Å². The SMILES string of the molecule is CCc1ccc([C@@H]2C(=C(O)c3ccc(OCC(C)C)cc3C)C(=O)C(=O)N2CCN(CC)CC)cc1. The molecule has 0 aromatic heterocycles. The van der Waals surface area contributed by atoms with Gasteiger partial charge in [0, 0.05) is 18.7 Å². The van der Waals surface area contributed by atoms with Gasteiger partial charge in [0.05, 0.1) is 18.2 Å². The minimum atomic E-state index is -0.642. The van der Waals surface area contributed by atoms with Gasteiger partial charge < -0.3 is 19.6 Å². The van der Waals surface area contributed by atoms with Crippen molar-refractivity contribution in [2.24, 2.45) is 5.92 Å². The first-order chi connectivity index (χ1) is 17.2. The Morgan fingerprint density at radius 3 is 2.28 bits per heavy atom. The maximum atomic E-state index is 13.3. The number of rotatable bonds is 11. The molecule has 0 saturated carbocycles. The zero-order chi connectivity index (χ0) is 26.4. The molecule has 1 amide bonds. The number of ketones is 1. The minimum Gasteiger partial charge on any atom is -0.507 e. The van der Waals surface area contributed by atoms with E-state index in [9.17, 15) is 14.7 Å². The van der Waals surface area contributed by atoms with Crippen molar-refractivity contribution in [3.63, 3.8) is 0 Å². The molecule has 1 heterocycles. The summed E-state index contributed by atoms with van der Waals surface area (Å²) in [7, 11) is 0. The lowest BCUT2D eigenvalue weighted by Gasteiger charge is -2.28. The molecule has 1 aliphatic rings. The topological polar surface area (TPSA) is 70.1 Å². The lowest BCUT2D eigenvalue weighted by molar-refractivity contribution is -0.140. The number of aryl methyl sites for hydroxylation is 2. The van der Waals surface area contributed by atoms with Crippen molar-refractivity contribution in [1.29, 1.82) is 0 Å². The Labute approximate surface area is 215 Å². The number of carbonyl (C=O) groups is 2. The molecule has 2 aromatic rings. The molecule has 6 nitrogen and oxygen atoms in total. The van der Waals surface area contributed by atoms with Crippen LogP contribution in [0.1, 0.15) is 62.9 Å². The van der Waals surface area contributed by atoms with Gasteiger partial charge in [0.25, 0.3) is 11.7 Å². The smallest absolute Gasteiger partial charge is 0.295 e. The average Bonchev–Trinajstić information content (AvgIpc) is 3.12. The standard InChI is InChI=1S/C30H40N2O4/c1-7-22-10-12-23(13-11-22)27-26(29(34)30(35)32(27)17-16-31(8-2)9-3)28(33)25-15-14-24(18-21(25)6)36-19-20(4)5/h10-15,18,20,27,33H,7-9,16-17,19H2,1-6H3/t27-/m1/s1. The molecule has 0 radical (unpaired) electrons. The molecular formula is C30H40N2O4. The van der Waals surface area contributed by atoms with E-state index in [4.69, 9.17) is 4.74 Å². The van der Waals surface area contributed by atoms with Crippen molar-refractivity contribution in [2.45, 2.75) is 54.0 Å². The number of hydrogen-bond acceptors (Lipinski definition) is 5. The molecule has 0 aliphatic carbocycles. The third-order valence-electron chi connectivity index (χ3n) is 6.83. The van der Waals surface area contributed by atoms with Gasteiger partial charge in [0.2, 0.25) is 0 Å². The number of nitrogens with zero attached hydrogens (tertiary/aromatic N) is 2. The van der Waals surface area contributed by atoms with Gasteiger partial charge in [-0.1, -0.05) is 58.9 Å². The van der Waals surface area contributed by atoms with Gasteiger partial charge in [-0.2, -0.15) is 0 Å². The number of likely N-dealkylation sites (N-methyl/N-ethyl adjacent to an activating group) is 1. The normalized spacial score (nSPS) is 17.4. The van der Waals surface area contributed by atoms with Gasteiger partial charge in [-0.3, -0.25) is 9.59 Å². The summed E-state index contributed by atoms with van der Waals surface area (Å²) < 4.78 is 5.82. The van der Waals surface area contributed by atoms with Crippen LogP contribution in [0.15, 0.2) is 48.0 Å². The summed E-state index contributed by atoms with van der Waals surface area (Å²) in [4.78, 5) is 30.4. The Morgan fingerprint density at radius 2 is 1.72 bits per heavy atom. The van der Waals surface area contributed by atoms with E-state index in [0.29, 0.717) is 36.9 Å². The Bertz CT molecular complexity index is 1100. The van der Waals surface area contributed by atoms with Crippen LogP contribution in [-0.2, 0) is 16.0 Å². The third kappa shape index (κ3) is 5.98. The fourth-order valence-electron chi connectivity index (χ4n) is 4.58. The summed E-state index contributed by atoms with van der Waals surface area (Å²) in [5.74, 6) is -0.246. The van der Waals surface area contributed by atoms with Gasteiger partial charge in [-0.05, 0) is 67.2 Å². The highest BCUT2D eigenvalue weighted by atomic mass is 16.5. The highest BCUT2D eigenvalue weighted by Crippen LogP contribution is 2.40. The second kappa shape index (κ2) is 12.2. The summed E-state index contributed by atoms with van der Waals surface area (Å²) in [6.45, 7) is 15.7. The molecule has 1 N–H and O–H groups in total. The van der Waals surface area contributed by atoms with Gasteiger partial charge in [0.15, 0.2) is 0 Å². The van der Waals surface area contributed by atoms with E-state index in [2.05, 4.69) is 39.5 Å². The molecule has 0 unspecified atom stereocenters. The summed E-state index contributed by atoms with van der Waals surface area (Å²) in [5.41, 5.74) is 3.45. The number of aliphatic hydroxyl groups is 1. The molecule has 6 heteroatoms. The zero-order valence-corrected chi connectivity index (χ0v) is 22.5. The second-order valence-corrected chi connectivity index (χ2v) is 9.80. The molecule has 194 valence electrons.